The SMILES string of the molecule is COc1ccc2c(c1)CN(C(C)=O)CCC2=O. The highest BCUT2D eigenvalue weighted by Crippen LogP contribution is 2.23. The lowest BCUT2D eigenvalue weighted by molar-refractivity contribution is -0.129. The molecular formula is C13H15NO3. The van der Waals surface area contributed by atoms with Crippen LogP contribution in [0.3, 0.4) is 0 Å². The summed E-state index contributed by atoms with van der Waals surface area (Å²) in [6.45, 7) is 2.49. The highest BCUT2D eigenvalue weighted by atomic mass is 16.5. The summed E-state index contributed by atoms with van der Waals surface area (Å²) in [4.78, 5) is 25.0. The average molecular weight is 233 g/mol. The molecule has 0 aromatic heterocycles. The van der Waals surface area contributed by atoms with Crippen LogP contribution in [0.5, 0.6) is 5.75 Å². The van der Waals surface area contributed by atoms with Crippen molar-refractivity contribution in [2.24, 2.45) is 0 Å². The number of ketones is 1. The van der Waals surface area contributed by atoms with Crippen molar-refractivity contribution >= 4 is 11.7 Å². The normalized spacial score (nSPS) is 15.2. The van der Waals surface area contributed by atoms with Gasteiger partial charge in [0.25, 0.3) is 0 Å². The first-order valence-electron chi connectivity index (χ1n) is 5.57. The van der Waals surface area contributed by atoms with Crippen LogP contribution < -0.4 is 4.74 Å². The number of methoxy groups -OCH3 is 1. The van der Waals surface area contributed by atoms with E-state index in [1.165, 1.54) is 6.92 Å². The molecule has 0 saturated heterocycles. The topological polar surface area (TPSA) is 46.6 Å². The first kappa shape index (κ1) is 11.6. The van der Waals surface area contributed by atoms with Crippen LogP contribution in [0.15, 0.2) is 18.2 Å². The van der Waals surface area contributed by atoms with Crippen LogP contribution in [0.25, 0.3) is 0 Å². The molecule has 4 heteroatoms. The number of hydrogen-bond donors (Lipinski definition) is 0. The van der Waals surface area contributed by atoms with Gasteiger partial charge in [0, 0.05) is 32.0 Å². The molecule has 0 saturated carbocycles. The maximum atomic E-state index is 11.9. The monoisotopic (exact) mass is 233 g/mol. The zero-order valence-electron chi connectivity index (χ0n) is 10.0. The first-order valence-corrected chi connectivity index (χ1v) is 5.57. The number of carbonyl (C=O) groups excluding carboxylic acids is 2. The lowest BCUT2D eigenvalue weighted by atomic mass is 10.0. The van der Waals surface area contributed by atoms with Crippen molar-refractivity contribution in [3.8, 4) is 5.75 Å². The largest absolute Gasteiger partial charge is 0.497 e. The summed E-state index contributed by atoms with van der Waals surface area (Å²) in [6.07, 6.45) is 0.388. The molecule has 0 spiro atoms. The maximum Gasteiger partial charge on any atom is 0.219 e. The Morgan fingerprint density at radius 3 is 2.82 bits per heavy atom. The van der Waals surface area contributed by atoms with E-state index in [4.69, 9.17) is 4.74 Å². The Labute approximate surface area is 100 Å². The molecule has 0 atom stereocenters. The molecule has 1 heterocycles. The summed E-state index contributed by atoms with van der Waals surface area (Å²) in [5, 5.41) is 0. The third-order valence-corrected chi connectivity index (χ3v) is 3.03. The van der Waals surface area contributed by atoms with E-state index in [1.807, 2.05) is 6.07 Å². The van der Waals surface area contributed by atoms with Crippen molar-refractivity contribution < 1.29 is 14.3 Å². The molecule has 1 aromatic rings. The average Bonchev–Trinajstić information content (AvgIpc) is 2.48. The molecule has 1 amide bonds. The number of carbonyl (C=O) groups is 2. The van der Waals surface area contributed by atoms with Gasteiger partial charge in [0.2, 0.25) is 5.91 Å². The summed E-state index contributed by atoms with van der Waals surface area (Å²) in [7, 11) is 1.59. The molecule has 0 bridgehead atoms. The molecule has 17 heavy (non-hydrogen) atoms. The van der Waals surface area contributed by atoms with Gasteiger partial charge in [-0.15, -0.1) is 0 Å². The Morgan fingerprint density at radius 2 is 2.18 bits per heavy atom. The molecule has 0 unspecified atom stereocenters. The quantitative estimate of drug-likeness (QED) is 0.740. The summed E-state index contributed by atoms with van der Waals surface area (Å²) in [6, 6.07) is 5.38. The molecule has 1 aliphatic heterocycles. The molecule has 1 aliphatic rings. The number of fused-ring (bicyclic) bond motifs is 1. The van der Waals surface area contributed by atoms with Crippen LogP contribution >= 0.6 is 0 Å². The lowest BCUT2D eigenvalue weighted by Gasteiger charge is -2.18. The van der Waals surface area contributed by atoms with E-state index in [0.717, 1.165) is 5.56 Å². The second kappa shape index (κ2) is 4.57. The number of ether oxygens (including phenoxy) is 1. The number of hydrogen-bond acceptors (Lipinski definition) is 3. The Hall–Kier alpha value is -1.84. The number of benzene rings is 1. The molecular weight excluding hydrogens is 218 g/mol. The first-order chi connectivity index (χ1) is 8.11. The van der Waals surface area contributed by atoms with E-state index in [2.05, 4.69) is 0 Å². The van der Waals surface area contributed by atoms with Crippen LogP contribution in [-0.4, -0.2) is 30.2 Å². The fraction of sp³-hybridized carbons (Fsp3) is 0.385. The summed E-state index contributed by atoms with van der Waals surface area (Å²) in [5.41, 5.74) is 1.57. The molecule has 90 valence electrons. The molecule has 2 rings (SSSR count). The lowest BCUT2D eigenvalue weighted by Crippen LogP contribution is -2.28. The van der Waals surface area contributed by atoms with Crippen LogP contribution in [0.4, 0.5) is 0 Å². The molecule has 0 aliphatic carbocycles. The van der Waals surface area contributed by atoms with E-state index in [-0.39, 0.29) is 11.7 Å². The van der Waals surface area contributed by atoms with Gasteiger partial charge in [-0.25, -0.2) is 0 Å². The van der Waals surface area contributed by atoms with Crippen LogP contribution in [-0.2, 0) is 11.3 Å². The highest BCUT2D eigenvalue weighted by molar-refractivity contribution is 5.98. The van der Waals surface area contributed by atoms with Gasteiger partial charge in [-0.05, 0) is 23.8 Å². The fourth-order valence-electron chi connectivity index (χ4n) is 2.02. The predicted molar refractivity (Wildman–Crippen MR) is 63.0 cm³/mol. The zero-order valence-corrected chi connectivity index (χ0v) is 10.0. The van der Waals surface area contributed by atoms with E-state index in [1.54, 1.807) is 24.1 Å². The van der Waals surface area contributed by atoms with E-state index < -0.39 is 0 Å². The molecule has 4 nitrogen and oxygen atoms in total. The minimum atomic E-state index is -0.00605. The number of rotatable bonds is 1. The van der Waals surface area contributed by atoms with Gasteiger partial charge in [-0.1, -0.05) is 0 Å². The summed E-state index contributed by atoms with van der Waals surface area (Å²) < 4.78 is 5.14. The second-order valence-electron chi connectivity index (χ2n) is 4.14. The van der Waals surface area contributed by atoms with Crippen LogP contribution in [0, 0.1) is 0 Å². The van der Waals surface area contributed by atoms with Gasteiger partial charge in [0.1, 0.15) is 5.75 Å². The van der Waals surface area contributed by atoms with Gasteiger partial charge in [0.05, 0.1) is 7.11 Å². The van der Waals surface area contributed by atoms with Crippen molar-refractivity contribution in [1.82, 2.24) is 4.90 Å². The summed E-state index contributed by atoms with van der Waals surface area (Å²) >= 11 is 0. The van der Waals surface area contributed by atoms with Gasteiger partial charge in [-0.3, -0.25) is 9.59 Å². The minimum absolute atomic E-state index is 0.00605. The van der Waals surface area contributed by atoms with Gasteiger partial charge < -0.3 is 9.64 Å². The smallest absolute Gasteiger partial charge is 0.219 e. The Balaban J connectivity index is 2.41. The molecule has 1 aromatic carbocycles. The third kappa shape index (κ3) is 2.30. The Morgan fingerprint density at radius 1 is 1.41 bits per heavy atom. The van der Waals surface area contributed by atoms with Crippen molar-refractivity contribution in [3.05, 3.63) is 29.3 Å². The number of nitrogens with zero attached hydrogens (tertiary/aromatic N) is 1. The van der Waals surface area contributed by atoms with E-state index in [9.17, 15) is 9.59 Å². The maximum absolute atomic E-state index is 11.9. The number of Topliss-reactive ketones (excluding diaryl/α,β-unsaturated/α-hetero) is 1. The fourth-order valence-corrected chi connectivity index (χ4v) is 2.02. The standard InChI is InChI=1S/C13H15NO3/c1-9(15)14-6-5-13(16)12-4-3-11(17-2)7-10(12)8-14/h3-4,7H,5-6,8H2,1-2H3. The molecule has 0 fully saturated rings. The van der Waals surface area contributed by atoms with Crippen molar-refractivity contribution in [1.29, 1.82) is 0 Å². The number of amides is 1. The Kier molecular flexibility index (Phi) is 3.13. The van der Waals surface area contributed by atoms with Crippen LogP contribution in [0.2, 0.25) is 0 Å². The summed E-state index contributed by atoms with van der Waals surface area (Å²) in [5.74, 6) is 0.793. The molecule has 0 radical (unpaired) electrons. The van der Waals surface area contributed by atoms with Crippen molar-refractivity contribution in [2.45, 2.75) is 19.9 Å². The van der Waals surface area contributed by atoms with E-state index in [0.29, 0.717) is 30.8 Å². The van der Waals surface area contributed by atoms with Gasteiger partial charge in [-0.2, -0.15) is 0 Å². The molecule has 0 N–H and O–H groups in total. The zero-order chi connectivity index (χ0) is 12.4. The predicted octanol–water partition coefficient (Wildman–Crippen LogP) is 1.63. The second-order valence-corrected chi connectivity index (χ2v) is 4.14. The van der Waals surface area contributed by atoms with E-state index >= 15 is 0 Å². The highest BCUT2D eigenvalue weighted by Gasteiger charge is 2.21. The van der Waals surface area contributed by atoms with Crippen LogP contribution in [0.1, 0.15) is 29.3 Å². The third-order valence-electron chi connectivity index (χ3n) is 3.03. The van der Waals surface area contributed by atoms with Crippen molar-refractivity contribution in [2.75, 3.05) is 13.7 Å². The van der Waals surface area contributed by atoms with Crippen molar-refractivity contribution in [3.63, 3.8) is 0 Å². The Bertz CT molecular complexity index is 468. The van der Waals surface area contributed by atoms with Gasteiger partial charge in [0.15, 0.2) is 5.78 Å². The van der Waals surface area contributed by atoms with Gasteiger partial charge >= 0.3 is 0 Å². The minimum Gasteiger partial charge on any atom is -0.497 e.